The summed E-state index contributed by atoms with van der Waals surface area (Å²) in [5.41, 5.74) is 6.63. The van der Waals surface area contributed by atoms with Gasteiger partial charge < -0.3 is 0 Å². The summed E-state index contributed by atoms with van der Waals surface area (Å²) < 4.78 is 0. The Morgan fingerprint density at radius 1 is 0.645 bits per heavy atom. The van der Waals surface area contributed by atoms with E-state index in [0.717, 1.165) is 0 Å². The van der Waals surface area contributed by atoms with E-state index < -0.39 is 0 Å². The van der Waals surface area contributed by atoms with Gasteiger partial charge in [-0.05, 0) is 61.6 Å². The third kappa shape index (κ3) is 7.99. The predicted molar refractivity (Wildman–Crippen MR) is 142 cm³/mol. The molecular weight excluding hydrogens is 392 g/mol. The van der Waals surface area contributed by atoms with Gasteiger partial charge in [0.2, 0.25) is 0 Å². The highest BCUT2D eigenvalue weighted by Crippen LogP contribution is 2.28. The van der Waals surface area contributed by atoms with E-state index in [4.69, 9.17) is 0 Å². The zero-order chi connectivity index (χ0) is 21.9. The largest absolute Gasteiger partial charge is 0.136 e. The van der Waals surface area contributed by atoms with E-state index in [1.165, 1.54) is 82.5 Å². The molecule has 0 unspecified atom stereocenters. The highest BCUT2D eigenvalue weighted by Gasteiger charge is 2.06. The molecular formula is C30H36S. The number of unbranched alkanes of at least 4 members (excludes halogenated alkanes) is 5. The molecule has 0 N–H and O–H groups in total. The van der Waals surface area contributed by atoms with Crippen LogP contribution in [-0.4, -0.2) is 0 Å². The Morgan fingerprint density at radius 2 is 1.19 bits per heavy atom. The maximum atomic E-state index is 2.40. The first-order valence-electron chi connectivity index (χ1n) is 11.8. The molecule has 0 spiro atoms. The molecule has 0 aliphatic heterocycles. The fraction of sp³-hybridized carbons (Fsp3) is 0.333. The zero-order valence-electron chi connectivity index (χ0n) is 19.4. The van der Waals surface area contributed by atoms with Crippen molar-refractivity contribution in [3.05, 3.63) is 92.2 Å². The fourth-order valence-electron chi connectivity index (χ4n) is 3.68. The first kappa shape index (κ1) is 23.3. The van der Waals surface area contributed by atoms with Crippen LogP contribution in [-0.2, 0) is 6.42 Å². The first-order chi connectivity index (χ1) is 15.1. The molecule has 162 valence electrons. The van der Waals surface area contributed by atoms with Crippen molar-refractivity contribution in [1.29, 1.82) is 0 Å². The molecule has 0 saturated carbocycles. The molecule has 0 saturated heterocycles. The van der Waals surface area contributed by atoms with Gasteiger partial charge in [0, 0.05) is 9.75 Å². The van der Waals surface area contributed by atoms with Crippen LogP contribution >= 0.6 is 11.3 Å². The van der Waals surface area contributed by atoms with Crippen molar-refractivity contribution in [2.24, 2.45) is 0 Å². The minimum atomic E-state index is 1.18. The molecule has 0 nitrogen and oxygen atoms in total. The third-order valence-corrected chi connectivity index (χ3v) is 6.79. The van der Waals surface area contributed by atoms with Crippen LogP contribution in [0.1, 0.15) is 83.0 Å². The number of rotatable bonds is 11. The molecule has 0 aliphatic rings. The Balaban J connectivity index is 1.72. The first-order valence-corrected chi connectivity index (χ1v) is 12.6. The minimum absolute atomic E-state index is 1.18. The monoisotopic (exact) mass is 428 g/mol. The van der Waals surface area contributed by atoms with Crippen LogP contribution in [0.15, 0.2) is 54.6 Å². The van der Waals surface area contributed by atoms with Crippen LogP contribution in [0.4, 0.5) is 0 Å². The van der Waals surface area contributed by atoms with Gasteiger partial charge >= 0.3 is 0 Å². The van der Waals surface area contributed by atoms with Crippen LogP contribution in [0.2, 0.25) is 0 Å². The molecule has 0 amide bonds. The highest BCUT2D eigenvalue weighted by atomic mass is 32.1. The second kappa shape index (κ2) is 12.5. The molecule has 0 radical (unpaired) electrons. The molecule has 3 aromatic rings. The van der Waals surface area contributed by atoms with E-state index >= 15 is 0 Å². The Morgan fingerprint density at radius 3 is 1.81 bits per heavy atom. The average molecular weight is 429 g/mol. The number of aryl methyl sites for hydroxylation is 3. The molecule has 0 aliphatic carbocycles. The van der Waals surface area contributed by atoms with Crippen molar-refractivity contribution in [1.82, 2.24) is 0 Å². The van der Waals surface area contributed by atoms with Gasteiger partial charge in [-0.3, -0.25) is 0 Å². The Kier molecular flexibility index (Phi) is 9.37. The Labute approximate surface area is 193 Å². The second-order valence-electron chi connectivity index (χ2n) is 8.54. The number of hydrogen-bond acceptors (Lipinski definition) is 1. The van der Waals surface area contributed by atoms with Crippen LogP contribution in [0, 0.1) is 13.8 Å². The standard InChI is InChI=1S/C30H36S/c1-4-5-6-7-8-9-10-28-23-29(21-19-26-15-11-24(2)12-16-26)31-30(28)22-20-27-17-13-25(3)14-18-27/h11-23H,4-10H2,1-3H3. The molecule has 31 heavy (non-hydrogen) atoms. The summed E-state index contributed by atoms with van der Waals surface area (Å²) >= 11 is 1.90. The molecule has 0 fully saturated rings. The van der Waals surface area contributed by atoms with E-state index in [1.807, 2.05) is 11.3 Å². The van der Waals surface area contributed by atoms with Crippen molar-refractivity contribution in [3.8, 4) is 0 Å². The normalized spacial score (nSPS) is 11.7. The summed E-state index contributed by atoms with van der Waals surface area (Å²) in [5, 5.41) is 0. The van der Waals surface area contributed by atoms with Crippen molar-refractivity contribution in [2.75, 3.05) is 0 Å². The summed E-state index contributed by atoms with van der Waals surface area (Å²) in [4.78, 5) is 2.74. The lowest BCUT2D eigenvalue weighted by atomic mass is 10.0. The molecule has 1 aromatic heterocycles. The summed E-state index contributed by atoms with van der Waals surface area (Å²) in [6, 6.07) is 19.9. The Bertz CT molecular complexity index is 968. The van der Waals surface area contributed by atoms with Gasteiger partial charge in [0.15, 0.2) is 0 Å². The quantitative estimate of drug-likeness (QED) is 0.267. The third-order valence-electron chi connectivity index (χ3n) is 5.68. The van der Waals surface area contributed by atoms with Crippen LogP contribution in [0.3, 0.4) is 0 Å². The van der Waals surface area contributed by atoms with Gasteiger partial charge in [0.25, 0.3) is 0 Å². The summed E-state index contributed by atoms with van der Waals surface area (Å²) in [7, 11) is 0. The molecule has 2 aromatic carbocycles. The lowest BCUT2D eigenvalue weighted by molar-refractivity contribution is 0.608. The van der Waals surface area contributed by atoms with Gasteiger partial charge in [-0.15, -0.1) is 11.3 Å². The molecule has 3 rings (SSSR count). The summed E-state index contributed by atoms with van der Waals surface area (Å²) in [5.74, 6) is 0. The van der Waals surface area contributed by atoms with E-state index in [0.29, 0.717) is 0 Å². The van der Waals surface area contributed by atoms with E-state index in [9.17, 15) is 0 Å². The predicted octanol–water partition coefficient (Wildman–Crippen LogP) is 9.61. The van der Waals surface area contributed by atoms with Gasteiger partial charge in [-0.25, -0.2) is 0 Å². The van der Waals surface area contributed by atoms with Crippen LogP contribution in [0.5, 0.6) is 0 Å². The van der Waals surface area contributed by atoms with Crippen LogP contribution in [0.25, 0.3) is 24.3 Å². The summed E-state index contributed by atoms with van der Waals surface area (Å²) in [6.07, 6.45) is 18.3. The number of benzene rings is 2. The molecule has 0 atom stereocenters. The lowest BCUT2D eigenvalue weighted by Gasteiger charge is -2.02. The van der Waals surface area contributed by atoms with E-state index in [2.05, 4.69) is 99.7 Å². The molecule has 0 bridgehead atoms. The van der Waals surface area contributed by atoms with Crippen molar-refractivity contribution < 1.29 is 0 Å². The van der Waals surface area contributed by atoms with E-state index in [-0.39, 0.29) is 0 Å². The molecule has 1 heterocycles. The average Bonchev–Trinajstić information content (AvgIpc) is 3.17. The maximum Gasteiger partial charge on any atom is 0.0308 e. The highest BCUT2D eigenvalue weighted by molar-refractivity contribution is 7.14. The fourth-order valence-corrected chi connectivity index (χ4v) is 4.70. The van der Waals surface area contributed by atoms with Gasteiger partial charge in [0.05, 0.1) is 0 Å². The lowest BCUT2D eigenvalue weighted by Crippen LogP contribution is -1.86. The van der Waals surface area contributed by atoms with Crippen molar-refractivity contribution in [3.63, 3.8) is 0 Å². The molecule has 1 heteroatoms. The number of thiophene rings is 1. The van der Waals surface area contributed by atoms with Crippen molar-refractivity contribution >= 4 is 35.6 Å². The topological polar surface area (TPSA) is 0 Å². The Hall–Kier alpha value is -2.38. The van der Waals surface area contributed by atoms with Gasteiger partial charge in [0.1, 0.15) is 0 Å². The van der Waals surface area contributed by atoms with Crippen LogP contribution < -0.4 is 0 Å². The summed E-state index contributed by atoms with van der Waals surface area (Å²) in [6.45, 7) is 6.55. The van der Waals surface area contributed by atoms with Gasteiger partial charge in [-0.1, -0.05) is 111 Å². The van der Waals surface area contributed by atoms with Crippen molar-refractivity contribution in [2.45, 2.75) is 65.7 Å². The van der Waals surface area contributed by atoms with Gasteiger partial charge in [-0.2, -0.15) is 0 Å². The SMILES string of the molecule is CCCCCCCCc1cc(C=Cc2ccc(C)cc2)sc1C=Cc1ccc(C)cc1. The number of hydrogen-bond donors (Lipinski definition) is 0. The smallest absolute Gasteiger partial charge is 0.0308 e. The minimum Gasteiger partial charge on any atom is -0.136 e. The van der Waals surface area contributed by atoms with E-state index in [1.54, 1.807) is 0 Å². The second-order valence-corrected chi connectivity index (χ2v) is 9.66. The zero-order valence-corrected chi connectivity index (χ0v) is 20.2. The maximum absolute atomic E-state index is 2.40.